The fourth-order valence-electron chi connectivity index (χ4n) is 2.01. The molecule has 0 bridgehead atoms. The number of thiophene rings is 1. The molecule has 2 rings (SSSR count). The minimum absolute atomic E-state index is 0.695. The van der Waals surface area contributed by atoms with Crippen molar-refractivity contribution < 1.29 is 0 Å². The van der Waals surface area contributed by atoms with Crippen LogP contribution in [0.3, 0.4) is 0 Å². The molecule has 15 heavy (non-hydrogen) atoms. The van der Waals surface area contributed by atoms with Gasteiger partial charge in [0.05, 0.1) is 4.34 Å². The summed E-state index contributed by atoms with van der Waals surface area (Å²) in [6.45, 7) is 3.26. The van der Waals surface area contributed by atoms with Gasteiger partial charge in [-0.15, -0.1) is 11.3 Å². The van der Waals surface area contributed by atoms with Crippen molar-refractivity contribution in [2.45, 2.75) is 19.4 Å². The average molecular weight is 262 g/mol. The van der Waals surface area contributed by atoms with Crippen molar-refractivity contribution in [2.75, 3.05) is 18.1 Å². The van der Waals surface area contributed by atoms with Crippen molar-refractivity contribution in [1.29, 1.82) is 0 Å². The Morgan fingerprint density at radius 2 is 2.33 bits per heavy atom. The zero-order chi connectivity index (χ0) is 10.7. The minimum atomic E-state index is 0.695. The predicted molar refractivity (Wildman–Crippen MR) is 71.3 cm³/mol. The van der Waals surface area contributed by atoms with Crippen molar-refractivity contribution >= 4 is 34.7 Å². The van der Waals surface area contributed by atoms with E-state index in [1.54, 1.807) is 11.3 Å². The van der Waals surface area contributed by atoms with Gasteiger partial charge >= 0.3 is 0 Å². The first kappa shape index (κ1) is 11.8. The highest BCUT2D eigenvalue weighted by Gasteiger charge is 2.27. The lowest BCUT2D eigenvalue weighted by atomic mass is 9.99. The minimum Gasteiger partial charge on any atom is -0.313 e. The molecule has 1 saturated heterocycles. The third kappa shape index (κ3) is 3.13. The SMILES string of the molecule is CCNC1CSCC1Cc1ccc(Cl)s1. The Kier molecular flexibility index (Phi) is 4.38. The zero-order valence-corrected chi connectivity index (χ0v) is 11.2. The van der Waals surface area contributed by atoms with Crippen LogP contribution in [0, 0.1) is 5.92 Å². The molecule has 1 nitrogen and oxygen atoms in total. The maximum absolute atomic E-state index is 5.94. The topological polar surface area (TPSA) is 12.0 Å². The summed E-state index contributed by atoms with van der Waals surface area (Å²) >= 11 is 9.73. The standard InChI is InChI=1S/C11H16ClNS2/c1-2-13-10-7-14-6-8(10)5-9-3-4-11(12)15-9/h3-4,8,10,13H,2,5-7H2,1H3. The van der Waals surface area contributed by atoms with Gasteiger partial charge < -0.3 is 5.32 Å². The van der Waals surface area contributed by atoms with Crippen LogP contribution in [-0.2, 0) is 6.42 Å². The molecule has 1 aromatic rings. The van der Waals surface area contributed by atoms with Gasteiger partial charge in [0.15, 0.2) is 0 Å². The van der Waals surface area contributed by atoms with Gasteiger partial charge in [-0.1, -0.05) is 18.5 Å². The summed E-state index contributed by atoms with van der Waals surface area (Å²) in [5.74, 6) is 3.33. The monoisotopic (exact) mass is 261 g/mol. The second kappa shape index (κ2) is 5.58. The van der Waals surface area contributed by atoms with E-state index >= 15 is 0 Å². The lowest BCUT2D eigenvalue weighted by Gasteiger charge is -2.18. The van der Waals surface area contributed by atoms with Gasteiger partial charge in [0, 0.05) is 16.7 Å². The summed E-state index contributed by atoms with van der Waals surface area (Å²) in [6.07, 6.45) is 1.18. The van der Waals surface area contributed by atoms with Crippen LogP contribution >= 0.6 is 34.7 Å². The van der Waals surface area contributed by atoms with Crippen LogP contribution in [0.2, 0.25) is 4.34 Å². The highest BCUT2D eigenvalue weighted by Crippen LogP contribution is 2.30. The molecule has 4 heteroatoms. The number of rotatable bonds is 4. The quantitative estimate of drug-likeness (QED) is 0.893. The van der Waals surface area contributed by atoms with E-state index in [0.29, 0.717) is 6.04 Å². The highest BCUT2D eigenvalue weighted by atomic mass is 35.5. The van der Waals surface area contributed by atoms with Crippen molar-refractivity contribution in [2.24, 2.45) is 5.92 Å². The molecule has 1 fully saturated rings. The number of hydrogen-bond acceptors (Lipinski definition) is 3. The largest absolute Gasteiger partial charge is 0.313 e. The summed E-state index contributed by atoms with van der Waals surface area (Å²) < 4.78 is 0.913. The Morgan fingerprint density at radius 1 is 1.47 bits per heavy atom. The highest BCUT2D eigenvalue weighted by molar-refractivity contribution is 7.99. The van der Waals surface area contributed by atoms with Gasteiger partial charge in [-0.2, -0.15) is 11.8 Å². The number of halogens is 1. The molecule has 0 aromatic carbocycles. The van der Waals surface area contributed by atoms with Gasteiger partial charge in [0.1, 0.15) is 0 Å². The van der Waals surface area contributed by atoms with Crippen LogP contribution in [0.25, 0.3) is 0 Å². The van der Waals surface area contributed by atoms with Crippen LogP contribution in [0.4, 0.5) is 0 Å². The Labute approximate surface area is 105 Å². The molecule has 0 radical (unpaired) electrons. The first-order chi connectivity index (χ1) is 7.29. The van der Waals surface area contributed by atoms with Crippen LogP contribution in [0.15, 0.2) is 12.1 Å². The molecule has 1 aliphatic rings. The summed E-state index contributed by atoms with van der Waals surface area (Å²) in [4.78, 5) is 1.43. The molecule has 1 N–H and O–H groups in total. The molecule has 0 aliphatic carbocycles. The van der Waals surface area contributed by atoms with Gasteiger partial charge in [-0.25, -0.2) is 0 Å². The van der Waals surface area contributed by atoms with Crippen molar-refractivity contribution in [3.63, 3.8) is 0 Å². The van der Waals surface area contributed by atoms with Crippen molar-refractivity contribution in [3.8, 4) is 0 Å². The van der Waals surface area contributed by atoms with Gasteiger partial charge in [-0.05, 0) is 36.8 Å². The Morgan fingerprint density at radius 3 is 3.00 bits per heavy atom. The molecule has 1 aromatic heterocycles. The Balaban J connectivity index is 1.93. The molecule has 0 spiro atoms. The fraction of sp³-hybridized carbons (Fsp3) is 0.636. The molecule has 2 unspecified atom stereocenters. The molecular weight excluding hydrogens is 246 g/mol. The van der Waals surface area contributed by atoms with E-state index < -0.39 is 0 Å². The molecule has 2 atom stereocenters. The van der Waals surface area contributed by atoms with E-state index in [0.717, 1.165) is 16.8 Å². The molecule has 0 saturated carbocycles. The summed E-state index contributed by atoms with van der Waals surface area (Å²) in [5.41, 5.74) is 0. The van der Waals surface area contributed by atoms with Gasteiger partial charge in [0.25, 0.3) is 0 Å². The maximum atomic E-state index is 5.94. The van der Waals surface area contributed by atoms with E-state index in [9.17, 15) is 0 Å². The number of nitrogens with one attached hydrogen (secondary N) is 1. The summed E-state index contributed by atoms with van der Waals surface area (Å²) in [7, 11) is 0. The smallest absolute Gasteiger partial charge is 0.0931 e. The Bertz CT molecular complexity index is 313. The number of thioether (sulfide) groups is 1. The maximum Gasteiger partial charge on any atom is 0.0931 e. The fourth-order valence-corrected chi connectivity index (χ4v) is 4.62. The van der Waals surface area contributed by atoms with E-state index in [4.69, 9.17) is 11.6 Å². The molecular formula is C11H16ClNS2. The lowest BCUT2D eigenvalue weighted by Crippen LogP contribution is -2.35. The van der Waals surface area contributed by atoms with E-state index in [1.807, 2.05) is 6.07 Å². The first-order valence-electron chi connectivity index (χ1n) is 5.35. The molecule has 2 heterocycles. The zero-order valence-electron chi connectivity index (χ0n) is 8.83. The van der Waals surface area contributed by atoms with E-state index in [2.05, 4.69) is 30.1 Å². The van der Waals surface area contributed by atoms with Crippen molar-refractivity contribution in [1.82, 2.24) is 5.32 Å². The summed E-state index contributed by atoms with van der Waals surface area (Å²) in [5, 5.41) is 3.57. The molecule has 0 amide bonds. The second-order valence-corrected chi connectivity index (χ2v) is 6.75. The summed E-state index contributed by atoms with van der Waals surface area (Å²) in [6, 6.07) is 4.87. The van der Waals surface area contributed by atoms with Gasteiger partial charge in [-0.3, -0.25) is 0 Å². The van der Waals surface area contributed by atoms with E-state index in [-0.39, 0.29) is 0 Å². The third-order valence-electron chi connectivity index (χ3n) is 2.76. The molecule has 84 valence electrons. The van der Waals surface area contributed by atoms with Crippen LogP contribution in [0.5, 0.6) is 0 Å². The average Bonchev–Trinajstić information content (AvgIpc) is 2.78. The second-order valence-electron chi connectivity index (χ2n) is 3.87. The number of hydrogen-bond donors (Lipinski definition) is 1. The lowest BCUT2D eigenvalue weighted by molar-refractivity contribution is 0.436. The van der Waals surface area contributed by atoms with Gasteiger partial charge in [0.2, 0.25) is 0 Å². The first-order valence-corrected chi connectivity index (χ1v) is 7.70. The predicted octanol–water partition coefficient (Wildman–Crippen LogP) is 3.29. The third-order valence-corrected chi connectivity index (χ3v) is 5.27. The normalized spacial score (nSPS) is 26.0. The Hall–Kier alpha value is 0.300. The molecule has 1 aliphatic heterocycles. The van der Waals surface area contributed by atoms with Crippen LogP contribution in [0.1, 0.15) is 11.8 Å². The van der Waals surface area contributed by atoms with Crippen LogP contribution < -0.4 is 5.32 Å². The van der Waals surface area contributed by atoms with Crippen molar-refractivity contribution in [3.05, 3.63) is 21.3 Å². The van der Waals surface area contributed by atoms with E-state index in [1.165, 1.54) is 22.8 Å². The van der Waals surface area contributed by atoms with Crippen LogP contribution in [-0.4, -0.2) is 24.1 Å².